The van der Waals surface area contributed by atoms with Gasteiger partial charge in [0.05, 0.1) is 6.42 Å². The van der Waals surface area contributed by atoms with Crippen LogP contribution in [0.3, 0.4) is 0 Å². The highest BCUT2D eigenvalue weighted by molar-refractivity contribution is 5.91. The average molecular weight is 434 g/mol. The minimum Gasteiger partial charge on any atom is -0.336 e. The van der Waals surface area contributed by atoms with Gasteiger partial charge in [-0.1, -0.05) is 32.9 Å². The third kappa shape index (κ3) is 6.31. The number of hydrogen-bond acceptors (Lipinski definition) is 4. The predicted molar refractivity (Wildman–Crippen MR) is 121 cm³/mol. The molecule has 1 atom stereocenters. The lowest BCUT2D eigenvalue weighted by molar-refractivity contribution is -0.134. The first-order valence-electron chi connectivity index (χ1n) is 10.1. The average Bonchev–Trinajstić information content (AvgIpc) is 3.07. The maximum Gasteiger partial charge on any atom is 0.227 e. The molecule has 1 aliphatic heterocycles. The van der Waals surface area contributed by atoms with E-state index in [1.54, 1.807) is 6.20 Å². The second-order valence-electron chi connectivity index (χ2n) is 8.86. The van der Waals surface area contributed by atoms with Gasteiger partial charge in [0.1, 0.15) is 11.9 Å². The Bertz CT molecular complexity index is 857. The Morgan fingerprint density at radius 3 is 2.53 bits per heavy atom. The number of nitrogens with zero attached hydrogens (tertiary/aromatic N) is 3. The molecule has 164 valence electrons. The van der Waals surface area contributed by atoms with Gasteiger partial charge in [0.25, 0.3) is 0 Å². The summed E-state index contributed by atoms with van der Waals surface area (Å²) in [7, 11) is 1.95. The molecule has 30 heavy (non-hydrogen) atoms. The fourth-order valence-electron chi connectivity index (χ4n) is 3.60. The maximum atomic E-state index is 13.0. The van der Waals surface area contributed by atoms with Gasteiger partial charge in [-0.15, -0.1) is 12.4 Å². The zero-order chi connectivity index (χ0) is 21.0. The molecule has 0 saturated carbocycles. The van der Waals surface area contributed by atoms with Crippen LogP contribution in [0.15, 0.2) is 36.7 Å². The zero-order valence-electron chi connectivity index (χ0n) is 18.1. The summed E-state index contributed by atoms with van der Waals surface area (Å²) >= 11 is 0. The molecule has 0 radical (unpaired) electrons. The van der Waals surface area contributed by atoms with Crippen molar-refractivity contribution in [1.82, 2.24) is 19.8 Å². The van der Waals surface area contributed by atoms with E-state index in [2.05, 4.69) is 15.6 Å². The van der Waals surface area contributed by atoms with Gasteiger partial charge in [-0.05, 0) is 23.1 Å². The predicted octanol–water partition coefficient (Wildman–Crippen LogP) is 2.93. The molecule has 2 amide bonds. The number of anilines is 1. The Hall–Kier alpha value is -2.38. The monoisotopic (exact) mass is 433 g/mol. The van der Waals surface area contributed by atoms with E-state index < -0.39 is 0 Å². The third-order valence-corrected chi connectivity index (χ3v) is 5.00. The molecule has 7 nitrogen and oxygen atoms in total. The van der Waals surface area contributed by atoms with E-state index in [-0.39, 0.29) is 35.7 Å². The van der Waals surface area contributed by atoms with Crippen LogP contribution in [0.2, 0.25) is 0 Å². The number of rotatable bonds is 5. The van der Waals surface area contributed by atoms with Crippen LogP contribution >= 0.6 is 12.4 Å². The fourth-order valence-corrected chi connectivity index (χ4v) is 3.60. The molecule has 2 aromatic rings. The molecule has 0 bridgehead atoms. The topological polar surface area (TPSA) is 79.3 Å². The second-order valence-corrected chi connectivity index (χ2v) is 8.86. The van der Waals surface area contributed by atoms with Crippen molar-refractivity contribution in [2.24, 2.45) is 12.5 Å². The molecule has 1 aromatic carbocycles. The molecule has 1 aromatic heterocycles. The number of nitrogens with one attached hydrogen (secondary N) is 2. The highest BCUT2D eigenvalue weighted by Crippen LogP contribution is 2.22. The van der Waals surface area contributed by atoms with Gasteiger partial charge in [-0.2, -0.15) is 0 Å². The van der Waals surface area contributed by atoms with Crippen molar-refractivity contribution in [2.75, 3.05) is 25.0 Å². The minimum atomic E-state index is -0.0628. The van der Waals surface area contributed by atoms with E-state index >= 15 is 0 Å². The molecule has 0 spiro atoms. The number of benzene rings is 1. The molecular formula is C22H32ClN5O2. The smallest absolute Gasteiger partial charge is 0.227 e. The van der Waals surface area contributed by atoms with Crippen LogP contribution in [-0.2, 0) is 23.1 Å². The number of amides is 2. The van der Waals surface area contributed by atoms with Crippen molar-refractivity contribution in [3.8, 4) is 0 Å². The van der Waals surface area contributed by atoms with Crippen molar-refractivity contribution >= 4 is 29.9 Å². The third-order valence-electron chi connectivity index (χ3n) is 5.00. The van der Waals surface area contributed by atoms with E-state index in [4.69, 9.17) is 0 Å². The van der Waals surface area contributed by atoms with Crippen molar-refractivity contribution in [1.29, 1.82) is 0 Å². The summed E-state index contributed by atoms with van der Waals surface area (Å²) in [6.45, 7) is 8.26. The molecule has 3 rings (SSSR count). The number of aryl methyl sites for hydroxylation is 1. The summed E-state index contributed by atoms with van der Waals surface area (Å²) in [6, 6.07) is 7.46. The Morgan fingerprint density at radius 1 is 1.23 bits per heavy atom. The Morgan fingerprint density at radius 2 is 1.93 bits per heavy atom. The van der Waals surface area contributed by atoms with Crippen LogP contribution in [0.25, 0.3) is 0 Å². The standard InChI is InChI=1S/C22H31N5O2.ClH/c1-22(2,3)14-19(28)25-17-7-5-16(6-8-17)13-20(29)27-12-9-23-15-18(27)21-24-10-11-26(21)4;/h5-8,10-11,18,23H,9,12-15H2,1-4H3,(H,25,28);1H. The highest BCUT2D eigenvalue weighted by atomic mass is 35.5. The lowest BCUT2D eigenvalue weighted by atomic mass is 9.92. The zero-order valence-corrected chi connectivity index (χ0v) is 19.0. The van der Waals surface area contributed by atoms with Gasteiger partial charge in [0.2, 0.25) is 11.8 Å². The molecule has 1 aliphatic rings. The van der Waals surface area contributed by atoms with Gasteiger partial charge >= 0.3 is 0 Å². The largest absolute Gasteiger partial charge is 0.336 e. The first-order valence-corrected chi connectivity index (χ1v) is 10.1. The summed E-state index contributed by atoms with van der Waals surface area (Å²) < 4.78 is 1.97. The van der Waals surface area contributed by atoms with Crippen LogP contribution in [0.4, 0.5) is 5.69 Å². The molecule has 1 unspecified atom stereocenters. The number of halogens is 1. The molecule has 1 fully saturated rings. The number of carbonyl (C=O) groups excluding carboxylic acids is 2. The number of aromatic nitrogens is 2. The summed E-state index contributed by atoms with van der Waals surface area (Å²) in [4.78, 5) is 31.4. The van der Waals surface area contributed by atoms with E-state index in [1.165, 1.54) is 0 Å². The van der Waals surface area contributed by atoms with Crippen molar-refractivity contribution in [2.45, 2.75) is 39.7 Å². The highest BCUT2D eigenvalue weighted by Gasteiger charge is 2.30. The quantitative estimate of drug-likeness (QED) is 0.759. The first-order chi connectivity index (χ1) is 13.7. The van der Waals surface area contributed by atoms with Gasteiger partial charge in [-0.3, -0.25) is 9.59 Å². The lowest BCUT2D eigenvalue weighted by Gasteiger charge is -2.35. The van der Waals surface area contributed by atoms with Gasteiger partial charge in [0.15, 0.2) is 0 Å². The van der Waals surface area contributed by atoms with Crippen LogP contribution in [0.5, 0.6) is 0 Å². The number of imidazole rings is 1. The van der Waals surface area contributed by atoms with Crippen molar-refractivity contribution in [3.63, 3.8) is 0 Å². The van der Waals surface area contributed by atoms with E-state index in [1.807, 2.05) is 67.7 Å². The Balaban J connectivity index is 0.00000320. The molecule has 2 heterocycles. The summed E-state index contributed by atoms with van der Waals surface area (Å²) in [5, 5.41) is 6.27. The molecule has 2 N–H and O–H groups in total. The minimum absolute atomic E-state index is 0. The van der Waals surface area contributed by atoms with Crippen LogP contribution in [-0.4, -0.2) is 45.9 Å². The number of piperazine rings is 1. The SMILES string of the molecule is Cl.Cn1ccnc1C1CNCCN1C(=O)Cc1ccc(NC(=O)CC(C)(C)C)cc1. The van der Waals surface area contributed by atoms with Crippen LogP contribution in [0, 0.1) is 5.41 Å². The summed E-state index contributed by atoms with van der Waals surface area (Å²) in [5.41, 5.74) is 1.63. The molecule has 0 aliphatic carbocycles. The maximum absolute atomic E-state index is 13.0. The van der Waals surface area contributed by atoms with Crippen molar-refractivity contribution < 1.29 is 9.59 Å². The van der Waals surface area contributed by atoms with Gasteiger partial charge in [0, 0.05) is 51.2 Å². The fraction of sp³-hybridized carbons (Fsp3) is 0.500. The number of hydrogen-bond donors (Lipinski definition) is 2. The van der Waals surface area contributed by atoms with Crippen molar-refractivity contribution in [3.05, 3.63) is 48.0 Å². The number of carbonyl (C=O) groups is 2. The Labute approximate surface area is 184 Å². The van der Waals surface area contributed by atoms with E-state index in [0.717, 1.165) is 23.6 Å². The molecule has 8 heteroatoms. The first kappa shape index (κ1) is 23.9. The normalized spacial score (nSPS) is 16.7. The van der Waals surface area contributed by atoms with E-state index in [0.29, 0.717) is 25.9 Å². The van der Waals surface area contributed by atoms with Crippen LogP contribution in [0.1, 0.15) is 44.6 Å². The Kier molecular flexibility index (Phi) is 8.03. The second kappa shape index (κ2) is 10.1. The van der Waals surface area contributed by atoms with E-state index in [9.17, 15) is 9.59 Å². The molecule has 1 saturated heterocycles. The lowest BCUT2D eigenvalue weighted by Crippen LogP contribution is -2.49. The van der Waals surface area contributed by atoms with Gasteiger partial charge in [-0.25, -0.2) is 4.98 Å². The van der Waals surface area contributed by atoms with Crippen LogP contribution < -0.4 is 10.6 Å². The summed E-state index contributed by atoms with van der Waals surface area (Å²) in [5.74, 6) is 0.978. The molecular weight excluding hydrogens is 402 g/mol. The summed E-state index contributed by atoms with van der Waals surface area (Å²) in [6.07, 6.45) is 4.46. The van der Waals surface area contributed by atoms with Gasteiger partial charge < -0.3 is 20.1 Å².